The van der Waals surface area contributed by atoms with E-state index >= 15 is 0 Å². The maximum atomic E-state index is 12.9. The minimum atomic E-state index is -1.41. The average Bonchev–Trinajstić information content (AvgIpc) is 2.13. The summed E-state index contributed by atoms with van der Waals surface area (Å²) in [4.78, 5) is 0. The SMILES string of the molecule is Cc1c(C(O)C#N)ccc(F)c1F. The van der Waals surface area contributed by atoms with Crippen LogP contribution in [0.25, 0.3) is 0 Å². The standard InChI is InChI=1S/C9H7F2NO/c1-5-6(8(13)4-12)2-3-7(10)9(5)11/h2-3,8,13H,1H3. The van der Waals surface area contributed by atoms with Gasteiger partial charge in [0.25, 0.3) is 0 Å². The van der Waals surface area contributed by atoms with E-state index in [1.165, 1.54) is 19.1 Å². The van der Waals surface area contributed by atoms with Gasteiger partial charge in [-0.25, -0.2) is 8.78 Å². The highest BCUT2D eigenvalue weighted by molar-refractivity contribution is 5.32. The first kappa shape index (κ1) is 9.62. The van der Waals surface area contributed by atoms with Crippen LogP contribution >= 0.6 is 0 Å². The highest BCUT2D eigenvalue weighted by Gasteiger charge is 2.14. The Hall–Kier alpha value is -1.47. The van der Waals surface area contributed by atoms with Gasteiger partial charge in [0, 0.05) is 5.56 Å². The van der Waals surface area contributed by atoms with Crippen LogP contribution in [0.5, 0.6) is 0 Å². The van der Waals surface area contributed by atoms with E-state index in [2.05, 4.69) is 0 Å². The number of halogens is 2. The number of aliphatic hydroxyl groups is 1. The van der Waals surface area contributed by atoms with Crippen LogP contribution < -0.4 is 0 Å². The Bertz CT molecular complexity index is 371. The predicted octanol–water partition coefficient (Wildman–Crippen LogP) is 1.83. The number of rotatable bonds is 1. The third-order valence-corrected chi connectivity index (χ3v) is 1.80. The molecule has 13 heavy (non-hydrogen) atoms. The second-order valence-corrected chi connectivity index (χ2v) is 2.61. The first-order chi connectivity index (χ1) is 6.07. The Morgan fingerprint density at radius 3 is 2.62 bits per heavy atom. The molecule has 1 rings (SSSR count). The number of aliphatic hydroxyl groups excluding tert-OH is 1. The molecular formula is C9H7F2NO. The largest absolute Gasteiger partial charge is 0.374 e. The summed E-state index contributed by atoms with van der Waals surface area (Å²) in [6.45, 7) is 1.31. The monoisotopic (exact) mass is 183 g/mol. The van der Waals surface area contributed by atoms with Gasteiger partial charge in [-0.2, -0.15) is 5.26 Å². The molecule has 1 unspecified atom stereocenters. The molecule has 0 aliphatic rings. The molecule has 0 bridgehead atoms. The van der Waals surface area contributed by atoms with Gasteiger partial charge in [-0.1, -0.05) is 6.07 Å². The first-order valence-electron chi connectivity index (χ1n) is 3.60. The molecule has 68 valence electrons. The third-order valence-electron chi connectivity index (χ3n) is 1.80. The highest BCUT2D eigenvalue weighted by atomic mass is 19.2. The molecule has 0 heterocycles. The van der Waals surface area contributed by atoms with Gasteiger partial charge in [0.1, 0.15) is 0 Å². The zero-order valence-corrected chi connectivity index (χ0v) is 6.88. The summed E-state index contributed by atoms with van der Waals surface area (Å²) in [5.41, 5.74) is 0.0652. The van der Waals surface area contributed by atoms with Crippen LogP contribution in [0.15, 0.2) is 12.1 Å². The van der Waals surface area contributed by atoms with Crippen molar-refractivity contribution in [3.05, 3.63) is 34.9 Å². The molecule has 0 amide bonds. The van der Waals surface area contributed by atoms with Crippen LogP contribution in [0.3, 0.4) is 0 Å². The summed E-state index contributed by atoms with van der Waals surface area (Å²) in [7, 11) is 0. The molecular weight excluding hydrogens is 176 g/mol. The van der Waals surface area contributed by atoms with E-state index in [1.54, 1.807) is 0 Å². The molecule has 0 radical (unpaired) electrons. The van der Waals surface area contributed by atoms with E-state index in [9.17, 15) is 8.78 Å². The fourth-order valence-corrected chi connectivity index (χ4v) is 1.03. The third kappa shape index (κ3) is 1.65. The van der Waals surface area contributed by atoms with Crippen LogP contribution in [-0.4, -0.2) is 5.11 Å². The van der Waals surface area contributed by atoms with Gasteiger partial charge in [0.05, 0.1) is 6.07 Å². The lowest BCUT2D eigenvalue weighted by Gasteiger charge is -2.07. The number of benzene rings is 1. The summed E-state index contributed by atoms with van der Waals surface area (Å²) in [5.74, 6) is -2.00. The van der Waals surface area contributed by atoms with Crippen molar-refractivity contribution in [3.8, 4) is 6.07 Å². The maximum absolute atomic E-state index is 12.9. The molecule has 1 atom stereocenters. The smallest absolute Gasteiger partial charge is 0.166 e. The van der Waals surface area contributed by atoms with Gasteiger partial charge in [-0.3, -0.25) is 0 Å². The average molecular weight is 183 g/mol. The van der Waals surface area contributed by atoms with Crippen molar-refractivity contribution in [2.75, 3.05) is 0 Å². The fourth-order valence-electron chi connectivity index (χ4n) is 1.03. The van der Waals surface area contributed by atoms with Crippen molar-refractivity contribution < 1.29 is 13.9 Å². The number of hydrogen-bond donors (Lipinski definition) is 1. The second kappa shape index (κ2) is 3.50. The van der Waals surface area contributed by atoms with E-state index in [4.69, 9.17) is 10.4 Å². The number of nitrogens with zero attached hydrogens (tertiary/aromatic N) is 1. The Kier molecular flexibility index (Phi) is 2.59. The minimum absolute atomic E-state index is 0.0333. The van der Waals surface area contributed by atoms with Gasteiger partial charge < -0.3 is 5.11 Å². The second-order valence-electron chi connectivity index (χ2n) is 2.61. The summed E-state index contributed by atoms with van der Waals surface area (Å²) < 4.78 is 25.5. The normalized spacial score (nSPS) is 12.2. The molecule has 0 aromatic heterocycles. The molecule has 0 fully saturated rings. The Balaban J connectivity index is 3.28. The zero-order valence-electron chi connectivity index (χ0n) is 6.88. The lowest BCUT2D eigenvalue weighted by Crippen LogP contribution is -2.00. The fraction of sp³-hybridized carbons (Fsp3) is 0.222. The van der Waals surface area contributed by atoms with Crippen molar-refractivity contribution in [1.82, 2.24) is 0 Å². The van der Waals surface area contributed by atoms with Crippen molar-refractivity contribution in [2.24, 2.45) is 0 Å². The highest BCUT2D eigenvalue weighted by Crippen LogP contribution is 2.21. The van der Waals surface area contributed by atoms with Gasteiger partial charge in [-0.05, 0) is 18.6 Å². The van der Waals surface area contributed by atoms with Crippen LogP contribution in [0.2, 0.25) is 0 Å². The zero-order chi connectivity index (χ0) is 10.0. The van der Waals surface area contributed by atoms with Gasteiger partial charge in [-0.15, -0.1) is 0 Å². The Labute approximate surface area is 74.0 Å². The molecule has 4 heteroatoms. The minimum Gasteiger partial charge on any atom is -0.374 e. The summed E-state index contributed by atoms with van der Waals surface area (Å²) >= 11 is 0. The quantitative estimate of drug-likeness (QED) is 0.675. The lowest BCUT2D eigenvalue weighted by atomic mass is 10.0. The van der Waals surface area contributed by atoms with Gasteiger partial charge >= 0.3 is 0 Å². The molecule has 0 saturated heterocycles. The van der Waals surface area contributed by atoms with Crippen LogP contribution in [0, 0.1) is 29.9 Å². The molecule has 0 aliphatic heterocycles. The topological polar surface area (TPSA) is 44.0 Å². The maximum Gasteiger partial charge on any atom is 0.166 e. The molecule has 2 nitrogen and oxygen atoms in total. The number of nitriles is 1. The molecule has 1 aromatic rings. The molecule has 1 N–H and O–H groups in total. The molecule has 0 spiro atoms. The van der Waals surface area contributed by atoms with Gasteiger partial charge in [0.15, 0.2) is 17.7 Å². The van der Waals surface area contributed by atoms with E-state index in [-0.39, 0.29) is 11.1 Å². The number of hydrogen-bond acceptors (Lipinski definition) is 2. The van der Waals surface area contributed by atoms with Crippen LogP contribution in [0.4, 0.5) is 8.78 Å². The van der Waals surface area contributed by atoms with E-state index < -0.39 is 17.7 Å². The molecule has 0 aliphatic carbocycles. The predicted molar refractivity (Wildman–Crippen MR) is 41.7 cm³/mol. The van der Waals surface area contributed by atoms with E-state index in [0.717, 1.165) is 6.07 Å². The van der Waals surface area contributed by atoms with Gasteiger partial charge in [0.2, 0.25) is 0 Å². The Morgan fingerprint density at radius 1 is 1.46 bits per heavy atom. The Morgan fingerprint density at radius 2 is 2.08 bits per heavy atom. The van der Waals surface area contributed by atoms with Crippen molar-refractivity contribution in [3.63, 3.8) is 0 Å². The van der Waals surface area contributed by atoms with Crippen LogP contribution in [0.1, 0.15) is 17.2 Å². The van der Waals surface area contributed by atoms with Crippen molar-refractivity contribution in [1.29, 1.82) is 5.26 Å². The summed E-state index contributed by atoms with van der Waals surface area (Å²) in [6, 6.07) is 3.62. The summed E-state index contributed by atoms with van der Waals surface area (Å²) in [5, 5.41) is 17.4. The first-order valence-corrected chi connectivity index (χ1v) is 3.60. The van der Waals surface area contributed by atoms with Crippen molar-refractivity contribution in [2.45, 2.75) is 13.0 Å². The lowest BCUT2D eigenvalue weighted by molar-refractivity contribution is 0.234. The summed E-state index contributed by atoms with van der Waals surface area (Å²) in [6.07, 6.45) is -1.41. The van der Waals surface area contributed by atoms with Crippen LogP contribution in [-0.2, 0) is 0 Å². The van der Waals surface area contributed by atoms with E-state index in [0.29, 0.717) is 0 Å². The van der Waals surface area contributed by atoms with Crippen molar-refractivity contribution >= 4 is 0 Å². The molecule has 1 aromatic carbocycles. The molecule has 0 saturated carbocycles. The van der Waals surface area contributed by atoms with E-state index in [1.807, 2.05) is 0 Å².